The van der Waals surface area contributed by atoms with Gasteiger partial charge < -0.3 is 25.0 Å². The van der Waals surface area contributed by atoms with Gasteiger partial charge in [0.1, 0.15) is 5.82 Å². The molecule has 0 unspecified atom stereocenters. The van der Waals surface area contributed by atoms with Crippen LogP contribution in [0.5, 0.6) is 5.88 Å². The molecule has 0 spiro atoms. The predicted octanol–water partition coefficient (Wildman–Crippen LogP) is 2.68. The number of nitrogens with zero attached hydrogens (tertiary/aromatic N) is 4. The fourth-order valence-corrected chi connectivity index (χ4v) is 3.46. The highest BCUT2D eigenvalue weighted by atomic mass is 16.6. The number of carbonyl (C=O) groups excluding carboxylic acids is 2. The average molecular weight is 461 g/mol. The van der Waals surface area contributed by atoms with E-state index in [1.54, 1.807) is 53.6 Å². The van der Waals surface area contributed by atoms with Crippen molar-refractivity contribution in [2.75, 3.05) is 36.4 Å². The monoisotopic (exact) mass is 461 g/mol. The number of anilines is 2. The van der Waals surface area contributed by atoms with Crippen molar-refractivity contribution in [2.24, 2.45) is 0 Å². The molecule has 2 aromatic heterocycles. The van der Waals surface area contributed by atoms with Crippen molar-refractivity contribution >= 4 is 29.5 Å². The Kier molecular flexibility index (Phi) is 6.97. The Morgan fingerprint density at radius 3 is 2.29 bits per heavy atom. The van der Waals surface area contributed by atoms with Crippen LogP contribution in [0.2, 0.25) is 0 Å². The summed E-state index contributed by atoms with van der Waals surface area (Å²) in [4.78, 5) is 47.6. The molecule has 4 rings (SSSR count). The first-order valence-corrected chi connectivity index (χ1v) is 10.7. The van der Waals surface area contributed by atoms with Gasteiger partial charge in [-0.3, -0.25) is 9.59 Å². The SMILES string of the molecule is O=C(O)Cc1ccc(N2CCN(C(=O)Oc3ccc(NC(=O)c4ccccc4)cn3)CC2)nc1. The minimum Gasteiger partial charge on any atom is -0.481 e. The maximum absolute atomic E-state index is 12.5. The first-order valence-electron chi connectivity index (χ1n) is 10.7. The number of nitrogens with one attached hydrogen (secondary N) is 1. The second-order valence-electron chi connectivity index (χ2n) is 7.64. The van der Waals surface area contributed by atoms with Crippen LogP contribution >= 0.6 is 0 Å². The topological polar surface area (TPSA) is 125 Å². The molecule has 34 heavy (non-hydrogen) atoms. The third-order valence-corrected chi connectivity index (χ3v) is 5.25. The Hall–Kier alpha value is -4.47. The lowest BCUT2D eigenvalue weighted by atomic mass is 10.2. The minimum atomic E-state index is -0.900. The molecule has 0 aliphatic carbocycles. The number of hydrogen-bond donors (Lipinski definition) is 2. The van der Waals surface area contributed by atoms with Crippen LogP contribution in [0.1, 0.15) is 15.9 Å². The number of aromatic nitrogens is 2. The van der Waals surface area contributed by atoms with Crippen LogP contribution in [0.25, 0.3) is 0 Å². The molecule has 0 bridgehead atoms. The van der Waals surface area contributed by atoms with Gasteiger partial charge in [-0.2, -0.15) is 0 Å². The zero-order valence-corrected chi connectivity index (χ0v) is 18.3. The molecule has 174 valence electrons. The van der Waals surface area contributed by atoms with Crippen LogP contribution in [0.3, 0.4) is 0 Å². The lowest BCUT2D eigenvalue weighted by molar-refractivity contribution is -0.136. The van der Waals surface area contributed by atoms with E-state index in [1.165, 1.54) is 12.3 Å². The quantitative estimate of drug-likeness (QED) is 0.574. The van der Waals surface area contributed by atoms with E-state index in [4.69, 9.17) is 9.84 Å². The zero-order chi connectivity index (χ0) is 23.9. The molecule has 10 heteroatoms. The number of carbonyl (C=O) groups is 3. The highest BCUT2D eigenvalue weighted by Gasteiger charge is 2.23. The number of ether oxygens (including phenoxy) is 1. The summed E-state index contributed by atoms with van der Waals surface area (Å²) in [7, 11) is 0. The molecule has 1 saturated heterocycles. The van der Waals surface area contributed by atoms with E-state index in [9.17, 15) is 14.4 Å². The first-order chi connectivity index (χ1) is 16.5. The van der Waals surface area contributed by atoms with Crippen LogP contribution < -0.4 is 15.0 Å². The van der Waals surface area contributed by atoms with E-state index >= 15 is 0 Å². The van der Waals surface area contributed by atoms with Gasteiger partial charge in [0.2, 0.25) is 5.88 Å². The maximum Gasteiger partial charge on any atom is 0.416 e. The lowest BCUT2D eigenvalue weighted by Crippen LogP contribution is -2.49. The third kappa shape index (κ3) is 5.85. The Morgan fingerprint density at radius 2 is 1.68 bits per heavy atom. The van der Waals surface area contributed by atoms with Gasteiger partial charge >= 0.3 is 12.1 Å². The number of carboxylic acid groups (broad SMARTS) is 1. The molecule has 0 atom stereocenters. The Balaban J connectivity index is 1.26. The van der Waals surface area contributed by atoms with Crippen molar-refractivity contribution in [3.8, 4) is 5.88 Å². The second kappa shape index (κ2) is 10.4. The summed E-state index contributed by atoms with van der Waals surface area (Å²) in [5.74, 6) is -0.281. The van der Waals surface area contributed by atoms with Gasteiger partial charge in [-0.1, -0.05) is 24.3 Å². The summed E-state index contributed by atoms with van der Waals surface area (Å²) < 4.78 is 5.37. The molecule has 3 heterocycles. The van der Waals surface area contributed by atoms with Crippen LogP contribution in [0.15, 0.2) is 67.0 Å². The van der Waals surface area contributed by atoms with Gasteiger partial charge in [0, 0.05) is 44.0 Å². The average Bonchev–Trinajstić information content (AvgIpc) is 2.86. The van der Waals surface area contributed by atoms with E-state index in [0.717, 1.165) is 5.82 Å². The van der Waals surface area contributed by atoms with Gasteiger partial charge in [0.05, 0.1) is 18.3 Å². The molecule has 10 nitrogen and oxygen atoms in total. The number of pyridine rings is 2. The van der Waals surface area contributed by atoms with Crippen molar-refractivity contribution in [2.45, 2.75) is 6.42 Å². The van der Waals surface area contributed by atoms with Crippen LogP contribution in [0, 0.1) is 0 Å². The summed E-state index contributed by atoms with van der Waals surface area (Å²) in [6.07, 6.45) is 2.42. The number of carboxylic acids is 1. The van der Waals surface area contributed by atoms with Gasteiger partial charge in [0.15, 0.2) is 0 Å². The molecule has 0 saturated carbocycles. The molecule has 1 aliphatic heterocycles. The molecule has 2 amide bonds. The second-order valence-corrected chi connectivity index (χ2v) is 7.64. The van der Waals surface area contributed by atoms with Crippen LogP contribution in [-0.2, 0) is 11.2 Å². The van der Waals surface area contributed by atoms with Crippen molar-refractivity contribution in [1.29, 1.82) is 0 Å². The van der Waals surface area contributed by atoms with E-state index in [0.29, 0.717) is 43.0 Å². The zero-order valence-electron chi connectivity index (χ0n) is 18.3. The molecule has 3 aromatic rings. The standard InChI is InChI=1S/C24H23N5O5/c30-22(31)14-17-6-8-20(25-15-17)28-10-12-29(13-11-28)24(33)34-21-9-7-19(16-26-21)27-23(32)18-4-2-1-3-5-18/h1-9,15-16H,10-14H2,(H,27,32)(H,30,31). The molecular weight excluding hydrogens is 438 g/mol. The number of piperazine rings is 1. The largest absolute Gasteiger partial charge is 0.481 e. The van der Waals surface area contributed by atoms with Crippen LogP contribution in [-0.4, -0.2) is 64.1 Å². The van der Waals surface area contributed by atoms with Crippen molar-refractivity contribution in [3.63, 3.8) is 0 Å². The van der Waals surface area contributed by atoms with E-state index in [1.807, 2.05) is 11.0 Å². The van der Waals surface area contributed by atoms with E-state index < -0.39 is 12.1 Å². The Morgan fingerprint density at radius 1 is 0.912 bits per heavy atom. The summed E-state index contributed by atoms with van der Waals surface area (Å²) in [6.45, 7) is 2.03. The highest BCUT2D eigenvalue weighted by molar-refractivity contribution is 6.04. The van der Waals surface area contributed by atoms with Gasteiger partial charge in [-0.25, -0.2) is 14.8 Å². The fourth-order valence-electron chi connectivity index (χ4n) is 3.46. The number of benzene rings is 1. The summed E-state index contributed by atoms with van der Waals surface area (Å²) in [6, 6.07) is 15.5. The Labute approximate surface area is 195 Å². The molecule has 1 aliphatic rings. The summed E-state index contributed by atoms with van der Waals surface area (Å²) >= 11 is 0. The van der Waals surface area contributed by atoms with E-state index in [-0.39, 0.29) is 18.2 Å². The number of rotatable bonds is 6. The van der Waals surface area contributed by atoms with Crippen molar-refractivity contribution in [3.05, 3.63) is 78.1 Å². The molecule has 2 N–H and O–H groups in total. The van der Waals surface area contributed by atoms with E-state index in [2.05, 4.69) is 15.3 Å². The van der Waals surface area contributed by atoms with Crippen molar-refractivity contribution in [1.82, 2.24) is 14.9 Å². The fraction of sp³-hybridized carbons (Fsp3) is 0.208. The smallest absolute Gasteiger partial charge is 0.416 e. The third-order valence-electron chi connectivity index (χ3n) is 5.25. The predicted molar refractivity (Wildman–Crippen MR) is 124 cm³/mol. The number of aliphatic carboxylic acids is 1. The Bertz CT molecular complexity index is 1140. The van der Waals surface area contributed by atoms with Gasteiger partial charge in [-0.05, 0) is 29.8 Å². The molecular formula is C24H23N5O5. The number of hydrogen-bond acceptors (Lipinski definition) is 7. The molecule has 0 radical (unpaired) electrons. The molecule has 1 aromatic carbocycles. The minimum absolute atomic E-state index is 0.0681. The summed E-state index contributed by atoms with van der Waals surface area (Å²) in [5.41, 5.74) is 1.66. The van der Waals surface area contributed by atoms with Gasteiger partial charge in [0.25, 0.3) is 5.91 Å². The maximum atomic E-state index is 12.5. The number of amides is 2. The summed E-state index contributed by atoms with van der Waals surface area (Å²) in [5, 5.41) is 11.6. The van der Waals surface area contributed by atoms with Crippen LogP contribution in [0.4, 0.5) is 16.3 Å². The normalized spacial score (nSPS) is 13.3. The molecule has 1 fully saturated rings. The highest BCUT2D eigenvalue weighted by Crippen LogP contribution is 2.17. The first kappa shape index (κ1) is 22.7. The van der Waals surface area contributed by atoms with Gasteiger partial charge in [-0.15, -0.1) is 0 Å². The lowest BCUT2D eigenvalue weighted by Gasteiger charge is -2.34. The van der Waals surface area contributed by atoms with Crippen molar-refractivity contribution < 1.29 is 24.2 Å².